The summed E-state index contributed by atoms with van der Waals surface area (Å²) < 4.78 is 1.77. The molecule has 0 fully saturated rings. The van der Waals surface area contributed by atoms with Crippen LogP contribution in [0.5, 0.6) is 0 Å². The van der Waals surface area contributed by atoms with Gasteiger partial charge in [0.2, 0.25) is 0 Å². The molecule has 4 nitrogen and oxygen atoms in total. The SMILES string of the molecule is Cc1ccc(C(=O)CN(C)Cc2cnn(C)c2)cc1. The second-order valence-electron chi connectivity index (χ2n) is 4.98. The molecule has 0 spiro atoms. The van der Waals surface area contributed by atoms with E-state index >= 15 is 0 Å². The zero-order valence-corrected chi connectivity index (χ0v) is 11.6. The largest absolute Gasteiger partial charge is 0.294 e. The van der Waals surface area contributed by atoms with Gasteiger partial charge in [0.15, 0.2) is 5.78 Å². The maximum atomic E-state index is 12.1. The fraction of sp³-hybridized carbons (Fsp3) is 0.333. The number of aryl methyl sites for hydroxylation is 2. The zero-order valence-electron chi connectivity index (χ0n) is 11.6. The van der Waals surface area contributed by atoms with Crippen molar-refractivity contribution in [1.29, 1.82) is 0 Å². The highest BCUT2D eigenvalue weighted by atomic mass is 16.1. The quantitative estimate of drug-likeness (QED) is 0.769. The van der Waals surface area contributed by atoms with E-state index in [-0.39, 0.29) is 5.78 Å². The standard InChI is InChI=1S/C15H19N3O/c1-12-4-6-14(7-5-12)15(19)11-17(2)9-13-8-16-18(3)10-13/h4-8,10H,9,11H2,1-3H3. The average molecular weight is 257 g/mol. The zero-order chi connectivity index (χ0) is 13.8. The van der Waals surface area contributed by atoms with Gasteiger partial charge in [0.25, 0.3) is 0 Å². The predicted octanol–water partition coefficient (Wildman–Crippen LogP) is 2.04. The van der Waals surface area contributed by atoms with Crippen LogP contribution in [0.25, 0.3) is 0 Å². The molecule has 0 amide bonds. The molecule has 0 N–H and O–H groups in total. The highest BCUT2D eigenvalue weighted by molar-refractivity contribution is 5.97. The number of rotatable bonds is 5. The number of aromatic nitrogens is 2. The maximum absolute atomic E-state index is 12.1. The molecule has 100 valence electrons. The third kappa shape index (κ3) is 3.76. The van der Waals surface area contributed by atoms with Crippen LogP contribution in [0, 0.1) is 6.92 Å². The van der Waals surface area contributed by atoms with E-state index in [2.05, 4.69) is 5.10 Å². The molecule has 2 rings (SSSR count). The summed E-state index contributed by atoms with van der Waals surface area (Å²) in [6.07, 6.45) is 3.79. The number of ketones is 1. The minimum Gasteiger partial charge on any atom is -0.294 e. The number of benzene rings is 1. The van der Waals surface area contributed by atoms with E-state index < -0.39 is 0 Å². The van der Waals surface area contributed by atoms with Gasteiger partial charge in [-0.25, -0.2) is 0 Å². The van der Waals surface area contributed by atoms with E-state index in [1.807, 2.05) is 62.6 Å². The average Bonchev–Trinajstić information content (AvgIpc) is 2.75. The Bertz CT molecular complexity index is 557. The monoisotopic (exact) mass is 257 g/mol. The normalized spacial score (nSPS) is 10.9. The lowest BCUT2D eigenvalue weighted by atomic mass is 10.1. The third-order valence-corrected chi connectivity index (χ3v) is 3.00. The number of hydrogen-bond acceptors (Lipinski definition) is 3. The Morgan fingerprint density at radius 3 is 2.58 bits per heavy atom. The van der Waals surface area contributed by atoms with E-state index in [1.165, 1.54) is 5.56 Å². The Kier molecular flexibility index (Phi) is 4.12. The van der Waals surface area contributed by atoms with Crippen molar-refractivity contribution < 1.29 is 4.79 Å². The van der Waals surface area contributed by atoms with E-state index in [0.717, 1.165) is 17.7 Å². The molecule has 0 saturated heterocycles. The lowest BCUT2D eigenvalue weighted by Gasteiger charge is -2.14. The van der Waals surface area contributed by atoms with Crippen LogP contribution in [0.3, 0.4) is 0 Å². The lowest BCUT2D eigenvalue weighted by Crippen LogP contribution is -2.25. The van der Waals surface area contributed by atoms with Crippen molar-refractivity contribution in [2.24, 2.45) is 7.05 Å². The summed E-state index contributed by atoms with van der Waals surface area (Å²) in [6.45, 7) is 3.16. The van der Waals surface area contributed by atoms with Crippen LogP contribution in [-0.2, 0) is 13.6 Å². The fourth-order valence-corrected chi connectivity index (χ4v) is 2.00. The van der Waals surface area contributed by atoms with Crippen molar-refractivity contribution in [3.05, 3.63) is 53.3 Å². The van der Waals surface area contributed by atoms with Crippen LogP contribution in [0.4, 0.5) is 0 Å². The third-order valence-electron chi connectivity index (χ3n) is 3.00. The highest BCUT2D eigenvalue weighted by Crippen LogP contribution is 2.06. The summed E-state index contributed by atoms with van der Waals surface area (Å²) in [6, 6.07) is 7.70. The van der Waals surface area contributed by atoms with E-state index in [1.54, 1.807) is 4.68 Å². The first-order chi connectivity index (χ1) is 9.04. The van der Waals surface area contributed by atoms with Crippen molar-refractivity contribution in [3.63, 3.8) is 0 Å². The van der Waals surface area contributed by atoms with Gasteiger partial charge >= 0.3 is 0 Å². The van der Waals surface area contributed by atoms with Crippen LogP contribution >= 0.6 is 0 Å². The number of hydrogen-bond donors (Lipinski definition) is 0. The van der Waals surface area contributed by atoms with Crippen LogP contribution in [0.2, 0.25) is 0 Å². The summed E-state index contributed by atoms with van der Waals surface area (Å²) in [5.74, 6) is 0.145. The van der Waals surface area contributed by atoms with Gasteiger partial charge in [-0.05, 0) is 14.0 Å². The van der Waals surface area contributed by atoms with Crippen molar-refractivity contribution >= 4 is 5.78 Å². The predicted molar refractivity (Wildman–Crippen MR) is 75.1 cm³/mol. The molecular formula is C15H19N3O. The smallest absolute Gasteiger partial charge is 0.176 e. The molecule has 0 radical (unpaired) electrons. The Balaban J connectivity index is 1.93. The Hall–Kier alpha value is -1.94. The number of nitrogens with zero attached hydrogens (tertiary/aromatic N) is 3. The minimum atomic E-state index is 0.145. The molecule has 0 aliphatic heterocycles. The molecule has 0 saturated carbocycles. The first-order valence-electron chi connectivity index (χ1n) is 6.30. The van der Waals surface area contributed by atoms with Gasteiger partial charge in [-0.15, -0.1) is 0 Å². The van der Waals surface area contributed by atoms with Crippen LogP contribution in [0.15, 0.2) is 36.7 Å². The molecule has 1 heterocycles. The second-order valence-corrected chi connectivity index (χ2v) is 4.98. The molecule has 1 aromatic heterocycles. The summed E-state index contributed by atoms with van der Waals surface area (Å²) >= 11 is 0. The second kappa shape index (κ2) is 5.80. The number of Topliss-reactive ketones (excluding diaryl/α,β-unsaturated/α-hetero) is 1. The summed E-state index contributed by atoms with van der Waals surface area (Å²) in [4.78, 5) is 14.1. The Labute approximate surface area is 113 Å². The minimum absolute atomic E-state index is 0.145. The molecule has 0 atom stereocenters. The van der Waals surface area contributed by atoms with Gasteiger partial charge in [-0.3, -0.25) is 14.4 Å². The number of carbonyl (C=O) groups excluding carboxylic acids is 1. The molecular weight excluding hydrogens is 238 g/mol. The van der Waals surface area contributed by atoms with Gasteiger partial charge in [-0.1, -0.05) is 29.8 Å². The van der Waals surface area contributed by atoms with Gasteiger partial charge in [0, 0.05) is 30.9 Å². The summed E-state index contributed by atoms with van der Waals surface area (Å²) in [5, 5.41) is 4.12. The van der Waals surface area contributed by atoms with Crippen LogP contribution in [0.1, 0.15) is 21.5 Å². The number of likely N-dealkylation sites (N-methyl/N-ethyl adjacent to an activating group) is 1. The topological polar surface area (TPSA) is 38.1 Å². The Morgan fingerprint density at radius 2 is 2.00 bits per heavy atom. The van der Waals surface area contributed by atoms with Crippen molar-refractivity contribution in [2.75, 3.05) is 13.6 Å². The van der Waals surface area contributed by atoms with E-state index in [9.17, 15) is 4.79 Å². The van der Waals surface area contributed by atoms with Crippen molar-refractivity contribution in [3.8, 4) is 0 Å². The summed E-state index contributed by atoms with van der Waals surface area (Å²) in [5.41, 5.74) is 3.05. The molecule has 0 unspecified atom stereocenters. The first kappa shape index (κ1) is 13.5. The Morgan fingerprint density at radius 1 is 1.32 bits per heavy atom. The van der Waals surface area contributed by atoms with Gasteiger partial charge in [0.05, 0.1) is 12.7 Å². The molecule has 19 heavy (non-hydrogen) atoms. The van der Waals surface area contributed by atoms with Crippen LogP contribution in [-0.4, -0.2) is 34.1 Å². The van der Waals surface area contributed by atoms with Gasteiger partial charge < -0.3 is 0 Å². The molecule has 2 aromatic rings. The first-order valence-corrected chi connectivity index (χ1v) is 6.30. The molecule has 4 heteroatoms. The molecule has 0 aliphatic rings. The van der Waals surface area contributed by atoms with Gasteiger partial charge in [0.1, 0.15) is 0 Å². The highest BCUT2D eigenvalue weighted by Gasteiger charge is 2.10. The molecule has 0 bridgehead atoms. The molecule has 0 aliphatic carbocycles. The molecule has 1 aromatic carbocycles. The summed E-state index contributed by atoms with van der Waals surface area (Å²) in [7, 11) is 3.83. The van der Waals surface area contributed by atoms with E-state index in [0.29, 0.717) is 6.54 Å². The van der Waals surface area contributed by atoms with Crippen LogP contribution < -0.4 is 0 Å². The van der Waals surface area contributed by atoms with Crippen molar-refractivity contribution in [2.45, 2.75) is 13.5 Å². The van der Waals surface area contributed by atoms with E-state index in [4.69, 9.17) is 0 Å². The van der Waals surface area contributed by atoms with Gasteiger partial charge in [-0.2, -0.15) is 5.10 Å². The van der Waals surface area contributed by atoms with Crippen molar-refractivity contribution in [1.82, 2.24) is 14.7 Å². The number of carbonyl (C=O) groups is 1. The fourth-order valence-electron chi connectivity index (χ4n) is 2.00. The maximum Gasteiger partial charge on any atom is 0.176 e. The lowest BCUT2D eigenvalue weighted by molar-refractivity contribution is 0.0943.